The van der Waals surface area contributed by atoms with Crippen LogP contribution in [0.2, 0.25) is 0 Å². The Kier molecular flexibility index (Phi) is 3.50. The quantitative estimate of drug-likeness (QED) is 0.400. The Balaban J connectivity index is 1.52. The summed E-state index contributed by atoms with van der Waals surface area (Å²) in [6, 6.07) is 20.9. The average Bonchev–Trinajstić information content (AvgIpc) is 3.52. The Morgan fingerprint density at radius 1 is 0.862 bits per heavy atom. The lowest BCUT2D eigenvalue weighted by Crippen LogP contribution is -1.82. The first kappa shape index (κ1) is 16.1. The van der Waals surface area contributed by atoms with Crippen molar-refractivity contribution in [2.24, 2.45) is 0 Å². The number of allylic oxidation sites excluding steroid dienone is 4. The molecule has 138 valence electrons. The number of fused-ring (bicyclic) bond motifs is 2. The van der Waals surface area contributed by atoms with Gasteiger partial charge in [-0.2, -0.15) is 5.10 Å². The minimum atomic E-state index is 0.927. The molecule has 1 aliphatic rings. The van der Waals surface area contributed by atoms with E-state index in [9.17, 15) is 0 Å². The third-order valence-electron chi connectivity index (χ3n) is 5.53. The molecule has 5 aromatic rings. The number of nitrogens with one attached hydrogen (secondary N) is 2. The molecule has 4 nitrogen and oxygen atoms in total. The van der Waals surface area contributed by atoms with Crippen molar-refractivity contribution < 1.29 is 0 Å². The third-order valence-corrected chi connectivity index (χ3v) is 5.53. The van der Waals surface area contributed by atoms with Crippen molar-refractivity contribution in [2.45, 2.75) is 6.42 Å². The van der Waals surface area contributed by atoms with E-state index in [0.717, 1.165) is 45.5 Å². The van der Waals surface area contributed by atoms with E-state index >= 15 is 0 Å². The van der Waals surface area contributed by atoms with Crippen molar-refractivity contribution in [2.75, 3.05) is 0 Å². The zero-order valence-corrected chi connectivity index (χ0v) is 15.7. The summed E-state index contributed by atoms with van der Waals surface area (Å²) in [4.78, 5) is 8.05. The molecular weight excluding hydrogens is 356 g/mol. The van der Waals surface area contributed by atoms with Crippen molar-refractivity contribution >= 4 is 27.4 Å². The minimum absolute atomic E-state index is 0.927. The van der Waals surface area contributed by atoms with E-state index in [0.29, 0.717) is 0 Å². The number of hydrogen-bond donors (Lipinski definition) is 2. The van der Waals surface area contributed by atoms with Crippen molar-refractivity contribution in [1.29, 1.82) is 0 Å². The number of pyridine rings is 1. The minimum Gasteiger partial charge on any atom is -0.353 e. The van der Waals surface area contributed by atoms with Gasteiger partial charge in [-0.05, 0) is 54.0 Å². The fourth-order valence-corrected chi connectivity index (χ4v) is 4.10. The summed E-state index contributed by atoms with van der Waals surface area (Å²) in [6.45, 7) is 0. The Morgan fingerprint density at radius 2 is 1.86 bits per heavy atom. The fraction of sp³-hybridized carbons (Fsp3) is 0.0400. The number of rotatable bonds is 3. The molecule has 0 radical (unpaired) electrons. The molecule has 0 aliphatic heterocycles. The predicted octanol–water partition coefficient (Wildman–Crippen LogP) is 6.12. The Morgan fingerprint density at radius 3 is 2.72 bits per heavy atom. The van der Waals surface area contributed by atoms with E-state index in [-0.39, 0.29) is 0 Å². The van der Waals surface area contributed by atoms with Crippen LogP contribution in [-0.4, -0.2) is 20.2 Å². The average molecular weight is 374 g/mol. The van der Waals surface area contributed by atoms with Gasteiger partial charge in [0.1, 0.15) is 5.69 Å². The number of aromatic amines is 2. The summed E-state index contributed by atoms with van der Waals surface area (Å²) < 4.78 is 0. The van der Waals surface area contributed by atoms with Gasteiger partial charge in [0.05, 0.1) is 16.9 Å². The highest BCUT2D eigenvalue weighted by atomic mass is 15.1. The number of H-pyrrole nitrogens is 2. The van der Waals surface area contributed by atoms with Crippen LogP contribution < -0.4 is 0 Å². The highest BCUT2D eigenvalue weighted by Crippen LogP contribution is 2.34. The van der Waals surface area contributed by atoms with Crippen LogP contribution in [0.5, 0.6) is 0 Å². The number of hydrogen-bond acceptors (Lipinski definition) is 2. The van der Waals surface area contributed by atoms with Crippen LogP contribution in [0.25, 0.3) is 50.0 Å². The maximum atomic E-state index is 4.62. The summed E-state index contributed by atoms with van der Waals surface area (Å²) in [6.07, 6.45) is 9.49. The third kappa shape index (κ3) is 2.61. The molecule has 2 aromatic carbocycles. The normalized spacial score (nSPS) is 13.4. The molecule has 0 fully saturated rings. The van der Waals surface area contributed by atoms with Crippen LogP contribution in [0.3, 0.4) is 0 Å². The first-order valence-electron chi connectivity index (χ1n) is 9.75. The molecule has 29 heavy (non-hydrogen) atoms. The highest BCUT2D eigenvalue weighted by molar-refractivity contribution is 6.01. The number of nitrogens with zero attached hydrogens (tertiary/aromatic N) is 2. The van der Waals surface area contributed by atoms with Gasteiger partial charge < -0.3 is 4.98 Å². The second kappa shape index (κ2) is 6.31. The molecule has 0 bridgehead atoms. The van der Waals surface area contributed by atoms with Crippen molar-refractivity contribution in [3.05, 3.63) is 90.7 Å². The molecule has 1 aliphatic carbocycles. The summed E-state index contributed by atoms with van der Waals surface area (Å²) in [5, 5.41) is 10.1. The number of benzene rings is 2. The molecule has 3 heterocycles. The van der Waals surface area contributed by atoms with Crippen LogP contribution >= 0.6 is 0 Å². The maximum Gasteiger partial charge on any atom is 0.116 e. The monoisotopic (exact) mass is 374 g/mol. The zero-order valence-electron chi connectivity index (χ0n) is 15.7. The van der Waals surface area contributed by atoms with Crippen LogP contribution in [0.4, 0.5) is 0 Å². The highest BCUT2D eigenvalue weighted by Gasteiger charge is 2.15. The first-order valence-corrected chi connectivity index (χ1v) is 9.75. The van der Waals surface area contributed by atoms with Crippen LogP contribution in [-0.2, 0) is 0 Å². The standard InChI is InChI=1S/C25H18N4/c1-2-7-16(6-1)18-8-5-10-22-19(18)15-24(27-22)25-20-14-17(11-12-23(20)28-29-25)21-9-3-4-13-26-21/h1,3-15,27H,2H2,(H,28,29). The molecule has 0 saturated heterocycles. The molecule has 0 unspecified atom stereocenters. The van der Waals surface area contributed by atoms with Gasteiger partial charge in [-0.25, -0.2) is 0 Å². The molecule has 2 N–H and O–H groups in total. The van der Waals surface area contributed by atoms with E-state index in [1.165, 1.54) is 16.5 Å². The summed E-state index contributed by atoms with van der Waals surface area (Å²) in [5.41, 5.74) is 8.66. The van der Waals surface area contributed by atoms with Gasteiger partial charge in [-0.3, -0.25) is 10.1 Å². The van der Waals surface area contributed by atoms with Crippen molar-refractivity contribution in [3.8, 4) is 22.6 Å². The summed E-state index contributed by atoms with van der Waals surface area (Å²) in [7, 11) is 0. The largest absolute Gasteiger partial charge is 0.353 e. The molecule has 4 heteroatoms. The smallest absolute Gasteiger partial charge is 0.116 e. The van der Waals surface area contributed by atoms with E-state index in [4.69, 9.17) is 0 Å². The lowest BCUT2D eigenvalue weighted by atomic mass is 10.0. The molecule has 6 rings (SSSR count). The molecule has 0 spiro atoms. The van der Waals surface area contributed by atoms with Crippen LogP contribution in [0.1, 0.15) is 12.0 Å². The fourth-order valence-electron chi connectivity index (χ4n) is 4.10. The predicted molar refractivity (Wildman–Crippen MR) is 118 cm³/mol. The molecule has 3 aromatic heterocycles. The zero-order chi connectivity index (χ0) is 19.2. The Hall–Kier alpha value is -3.92. The van der Waals surface area contributed by atoms with Gasteiger partial charge in [0.25, 0.3) is 0 Å². The molecular formula is C25H18N4. The van der Waals surface area contributed by atoms with E-state index < -0.39 is 0 Å². The maximum absolute atomic E-state index is 4.62. The molecule has 0 saturated carbocycles. The van der Waals surface area contributed by atoms with Gasteiger partial charge in [0, 0.05) is 28.0 Å². The van der Waals surface area contributed by atoms with E-state index in [1.807, 2.05) is 24.4 Å². The van der Waals surface area contributed by atoms with Gasteiger partial charge in [0.2, 0.25) is 0 Å². The lowest BCUT2D eigenvalue weighted by Gasteiger charge is -2.01. The van der Waals surface area contributed by atoms with Crippen molar-refractivity contribution in [1.82, 2.24) is 20.2 Å². The van der Waals surface area contributed by atoms with Crippen LogP contribution in [0, 0.1) is 0 Å². The SMILES string of the molecule is C1=CC(c2cccc3[nH]c(-c4n[nH]c5ccc(-c6ccccn6)cc45)cc23)=CC1. The summed E-state index contributed by atoms with van der Waals surface area (Å²) in [5.74, 6) is 0. The van der Waals surface area contributed by atoms with Gasteiger partial charge in [-0.15, -0.1) is 0 Å². The Labute approximate surface area is 167 Å². The second-order valence-corrected chi connectivity index (χ2v) is 7.29. The molecule has 0 amide bonds. The molecule has 0 atom stereocenters. The first-order chi connectivity index (χ1) is 14.4. The second-order valence-electron chi connectivity index (χ2n) is 7.29. The van der Waals surface area contributed by atoms with E-state index in [2.05, 4.69) is 80.9 Å². The van der Waals surface area contributed by atoms with Gasteiger partial charge in [0.15, 0.2) is 0 Å². The topological polar surface area (TPSA) is 57.4 Å². The van der Waals surface area contributed by atoms with E-state index in [1.54, 1.807) is 0 Å². The number of aromatic nitrogens is 4. The van der Waals surface area contributed by atoms with Gasteiger partial charge in [-0.1, -0.05) is 42.5 Å². The van der Waals surface area contributed by atoms with Gasteiger partial charge >= 0.3 is 0 Å². The summed E-state index contributed by atoms with van der Waals surface area (Å²) >= 11 is 0. The van der Waals surface area contributed by atoms with Crippen molar-refractivity contribution in [3.63, 3.8) is 0 Å². The Bertz CT molecular complexity index is 1420. The lowest BCUT2D eigenvalue weighted by molar-refractivity contribution is 1.12. The van der Waals surface area contributed by atoms with Crippen LogP contribution in [0.15, 0.2) is 85.1 Å².